The van der Waals surface area contributed by atoms with Gasteiger partial charge in [-0.3, -0.25) is 4.79 Å². The number of anilines is 2. The number of halogens is 3. The molecule has 1 aliphatic heterocycles. The number of ether oxygens (including phenoxy) is 1. The quantitative estimate of drug-likeness (QED) is 0.304. The summed E-state index contributed by atoms with van der Waals surface area (Å²) in [6, 6.07) is 14.7. The van der Waals surface area contributed by atoms with Crippen molar-refractivity contribution in [1.82, 2.24) is 4.90 Å². The first-order valence-electron chi connectivity index (χ1n) is 13.5. The highest BCUT2D eigenvalue weighted by Crippen LogP contribution is 2.37. The third kappa shape index (κ3) is 6.93. The first kappa shape index (κ1) is 29.0. The summed E-state index contributed by atoms with van der Waals surface area (Å²) in [5, 5.41) is 12.2. The first-order chi connectivity index (χ1) is 19.2. The average molecular weight is 551 g/mol. The summed E-state index contributed by atoms with van der Waals surface area (Å²) in [5.41, 5.74) is 4.10. The van der Waals surface area contributed by atoms with Crippen LogP contribution in [0.25, 0.3) is 6.08 Å². The van der Waals surface area contributed by atoms with Gasteiger partial charge >= 0.3 is 6.18 Å². The third-order valence-electron chi connectivity index (χ3n) is 7.09. The van der Waals surface area contributed by atoms with Crippen molar-refractivity contribution in [3.63, 3.8) is 0 Å². The fourth-order valence-corrected chi connectivity index (χ4v) is 5.05. The van der Waals surface area contributed by atoms with Gasteiger partial charge in [-0.2, -0.15) is 18.4 Å². The van der Waals surface area contributed by atoms with Crippen molar-refractivity contribution in [2.24, 2.45) is 0 Å². The van der Waals surface area contributed by atoms with E-state index < -0.39 is 17.6 Å². The van der Waals surface area contributed by atoms with Gasteiger partial charge in [0.25, 0.3) is 5.91 Å². The molecular formula is C31H33F3N4O2. The standard InChI is InChI=1S/C31H33F3N4O2/c1-3-37(4-2)28-12-8-22(9-13-28)18-23-10-11-24(29(23)38-14-16-40-17-15-38)19-25(21-35)30(39)36-27-7-5-6-26(20-27)31(32,33)34/h5-9,12-13,18-20H,3-4,10-11,14-17H2,1-2H3,(H,36,39). The predicted octanol–water partition coefficient (Wildman–Crippen LogP) is 6.40. The number of hydrogen-bond donors (Lipinski definition) is 1. The second-order valence-corrected chi connectivity index (χ2v) is 9.61. The lowest BCUT2D eigenvalue weighted by Gasteiger charge is -2.31. The third-order valence-corrected chi connectivity index (χ3v) is 7.09. The van der Waals surface area contributed by atoms with E-state index in [4.69, 9.17) is 4.74 Å². The molecule has 0 atom stereocenters. The van der Waals surface area contributed by atoms with Gasteiger partial charge in [0.15, 0.2) is 0 Å². The van der Waals surface area contributed by atoms with Gasteiger partial charge in [-0.25, -0.2) is 0 Å². The highest BCUT2D eigenvalue weighted by molar-refractivity contribution is 6.07. The van der Waals surface area contributed by atoms with Crippen molar-refractivity contribution in [3.05, 3.63) is 88.2 Å². The van der Waals surface area contributed by atoms with Crippen LogP contribution < -0.4 is 10.2 Å². The molecule has 0 radical (unpaired) electrons. The van der Waals surface area contributed by atoms with Crippen LogP contribution in [0.2, 0.25) is 0 Å². The number of hydrogen-bond acceptors (Lipinski definition) is 5. The SMILES string of the molecule is CCN(CC)c1ccc(C=C2CCC(C=C(C#N)C(=O)Nc3cccc(C(F)(F)F)c3)=C2N2CCOCC2)cc1. The van der Waals surface area contributed by atoms with Crippen molar-refractivity contribution >= 4 is 23.4 Å². The van der Waals surface area contributed by atoms with Crippen LogP contribution in [0.3, 0.4) is 0 Å². The molecule has 1 amide bonds. The number of amides is 1. The number of morpholine rings is 1. The Hall–Kier alpha value is -4.03. The van der Waals surface area contributed by atoms with Crippen molar-refractivity contribution < 1.29 is 22.7 Å². The molecule has 1 aliphatic carbocycles. The van der Waals surface area contributed by atoms with Gasteiger partial charge in [-0.15, -0.1) is 0 Å². The smallest absolute Gasteiger partial charge is 0.378 e. The molecule has 40 heavy (non-hydrogen) atoms. The molecule has 9 heteroatoms. The highest BCUT2D eigenvalue weighted by Gasteiger charge is 2.31. The van der Waals surface area contributed by atoms with Gasteiger partial charge in [0.2, 0.25) is 0 Å². The van der Waals surface area contributed by atoms with E-state index in [-0.39, 0.29) is 11.3 Å². The normalized spacial score (nSPS) is 17.2. The van der Waals surface area contributed by atoms with Crippen molar-refractivity contribution in [2.75, 3.05) is 49.6 Å². The molecule has 2 aliphatic rings. The van der Waals surface area contributed by atoms with E-state index in [2.05, 4.69) is 59.3 Å². The number of carbonyl (C=O) groups is 1. The van der Waals surface area contributed by atoms with Crippen molar-refractivity contribution in [2.45, 2.75) is 32.9 Å². The molecule has 2 aromatic rings. The maximum absolute atomic E-state index is 13.1. The summed E-state index contributed by atoms with van der Waals surface area (Å²) < 4.78 is 44.8. The van der Waals surface area contributed by atoms with Crippen LogP contribution in [0, 0.1) is 11.3 Å². The zero-order valence-corrected chi connectivity index (χ0v) is 22.7. The molecule has 0 saturated carbocycles. The molecule has 0 aromatic heterocycles. The predicted molar refractivity (Wildman–Crippen MR) is 150 cm³/mol. The Balaban J connectivity index is 1.64. The Morgan fingerprint density at radius 1 is 1.10 bits per heavy atom. The summed E-state index contributed by atoms with van der Waals surface area (Å²) in [6.07, 6.45) is 0.553. The van der Waals surface area contributed by atoms with Crippen LogP contribution in [0.1, 0.15) is 37.8 Å². The largest absolute Gasteiger partial charge is 0.416 e. The van der Waals surface area contributed by atoms with Crippen LogP contribution in [0.4, 0.5) is 24.5 Å². The van der Waals surface area contributed by atoms with E-state index in [1.807, 2.05) is 6.07 Å². The second-order valence-electron chi connectivity index (χ2n) is 9.61. The van der Waals surface area contributed by atoms with Crippen LogP contribution >= 0.6 is 0 Å². The van der Waals surface area contributed by atoms with E-state index in [0.717, 1.165) is 59.7 Å². The molecule has 210 valence electrons. The Morgan fingerprint density at radius 2 is 1.80 bits per heavy atom. The first-order valence-corrected chi connectivity index (χ1v) is 13.5. The van der Waals surface area contributed by atoms with Crippen LogP contribution in [-0.2, 0) is 15.7 Å². The number of nitrogens with zero attached hydrogens (tertiary/aromatic N) is 3. The van der Waals surface area contributed by atoms with Crippen molar-refractivity contribution in [3.8, 4) is 6.07 Å². The summed E-state index contributed by atoms with van der Waals surface area (Å²) in [4.78, 5) is 17.4. The summed E-state index contributed by atoms with van der Waals surface area (Å²) >= 11 is 0. The lowest BCUT2D eigenvalue weighted by atomic mass is 10.1. The zero-order chi connectivity index (χ0) is 28.7. The zero-order valence-electron chi connectivity index (χ0n) is 22.7. The molecule has 4 rings (SSSR count). The molecule has 0 bridgehead atoms. The minimum atomic E-state index is -4.54. The summed E-state index contributed by atoms with van der Waals surface area (Å²) in [6.45, 7) is 8.63. The lowest BCUT2D eigenvalue weighted by molar-refractivity contribution is -0.137. The molecule has 6 nitrogen and oxygen atoms in total. The monoisotopic (exact) mass is 550 g/mol. The number of alkyl halides is 3. The lowest BCUT2D eigenvalue weighted by Crippen LogP contribution is -2.36. The Bertz CT molecular complexity index is 1340. The molecule has 1 saturated heterocycles. The van der Waals surface area contributed by atoms with E-state index in [9.17, 15) is 23.2 Å². The molecule has 1 heterocycles. The van der Waals surface area contributed by atoms with Crippen LogP contribution in [0.5, 0.6) is 0 Å². The molecular weight excluding hydrogens is 517 g/mol. The number of nitriles is 1. The van der Waals surface area contributed by atoms with E-state index in [1.54, 1.807) is 6.08 Å². The maximum atomic E-state index is 13.1. The van der Waals surface area contributed by atoms with E-state index in [1.165, 1.54) is 12.1 Å². The highest BCUT2D eigenvalue weighted by atomic mass is 19.4. The summed E-state index contributed by atoms with van der Waals surface area (Å²) in [7, 11) is 0. The Morgan fingerprint density at radius 3 is 2.42 bits per heavy atom. The van der Waals surface area contributed by atoms with Gasteiger partial charge in [-0.05, 0) is 85.9 Å². The van der Waals surface area contributed by atoms with Gasteiger partial charge in [0, 0.05) is 43.3 Å². The minimum absolute atomic E-state index is 0.0245. The van der Waals surface area contributed by atoms with Gasteiger partial charge in [0.05, 0.1) is 18.8 Å². The van der Waals surface area contributed by atoms with Gasteiger partial charge in [0.1, 0.15) is 11.6 Å². The average Bonchev–Trinajstić information content (AvgIpc) is 3.35. The molecule has 1 N–H and O–H groups in total. The summed E-state index contributed by atoms with van der Waals surface area (Å²) in [5.74, 6) is -0.750. The molecule has 0 unspecified atom stereocenters. The molecule has 2 aromatic carbocycles. The fraction of sp³-hybridized carbons (Fsp3) is 0.355. The maximum Gasteiger partial charge on any atom is 0.416 e. The number of nitrogens with one attached hydrogen (secondary N) is 1. The van der Waals surface area contributed by atoms with Crippen molar-refractivity contribution in [1.29, 1.82) is 5.26 Å². The number of benzene rings is 2. The topological polar surface area (TPSA) is 68.6 Å². The number of rotatable bonds is 8. The van der Waals surface area contributed by atoms with Crippen LogP contribution in [-0.4, -0.2) is 50.2 Å². The van der Waals surface area contributed by atoms with Gasteiger partial charge in [-0.1, -0.05) is 18.2 Å². The number of allylic oxidation sites excluding steroid dienone is 3. The fourth-order valence-electron chi connectivity index (χ4n) is 5.05. The number of carbonyl (C=O) groups excluding carboxylic acids is 1. The molecule has 1 fully saturated rings. The molecule has 0 spiro atoms. The van der Waals surface area contributed by atoms with E-state index >= 15 is 0 Å². The second kappa shape index (κ2) is 12.9. The van der Waals surface area contributed by atoms with Gasteiger partial charge < -0.3 is 19.9 Å². The van der Waals surface area contributed by atoms with Crippen LogP contribution in [0.15, 0.2) is 77.0 Å². The Kier molecular flexibility index (Phi) is 9.33. The van der Waals surface area contributed by atoms with E-state index in [0.29, 0.717) is 32.7 Å². The Labute approximate surface area is 233 Å². The minimum Gasteiger partial charge on any atom is -0.378 e.